The van der Waals surface area contributed by atoms with Crippen LogP contribution in [0.4, 0.5) is 0 Å². The third kappa shape index (κ3) is 6.95. The first-order valence-electron chi connectivity index (χ1n) is 3.28. The number of unbranched alkanes of at least 4 members (excludes halogenated alkanes) is 3. The summed E-state index contributed by atoms with van der Waals surface area (Å²) in [5, 5.41) is 0. The minimum atomic E-state index is 1.11. The molecule has 0 amide bonds. The molecule has 2 heteroatoms. The molecule has 0 spiro atoms. The van der Waals surface area contributed by atoms with E-state index in [1.165, 1.54) is 31.8 Å². The molecule has 1 unspecified atom stereocenters. The first-order chi connectivity index (χ1) is 3.91. The number of hydrogen-bond donors (Lipinski definition) is 0. The first-order valence-corrected chi connectivity index (χ1v) is 7.25. The van der Waals surface area contributed by atoms with Gasteiger partial charge in [-0.15, -0.1) is 0 Å². The summed E-state index contributed by atoms with van der Waals surface area (Å²) in [6, 6.07) is 0. The third-order valence-electron chi connectivity index (χ3n) is 1.14. The van der Waals surface area contributed by atoms with Crippen LogP contribution in [0, 0.1) is 0 Å². The molecule has 0 fully saturated rings. The molecule has 0 saturated carbocycles. The molecule has 0 rings (SSSR count). The predicted molar refractivity (Wildman–Crippen MR) is 44.5 cm³/mol. The topological polar surface area (TPSA) is 0 Å². The maximum atomic E-state index is 2.67. The monoisotopic (exact) mass is 198 g/mol. The number of rotatable bonds is 5. The summed E-state index contributed by atoms with van der Waals surface area (Å²) in [5.41, 5.74) is 0. The zero-order valence-electron chi connectivity index (χ0n) is 5.48. The van der Waals surface area contributed by atoms with Crippen LogP contribution >= 0.6 is 7.27 Å². The molecule has 0 bridgehead atoms. The summed E-state index contributed by atoms with van der Waals surface area (Å²) in [4.78, 5) is 0. The summed E-state index contributed by atoms with van der Waals surface area (Å²) >= 11 is 2.67. The Morgan fingerprint density at radius 2 is 2.00 bits per heavy atom. The molecule has 0 aliphatic heterocycles. The molecule has 0 aromatic heterocycles. The molecular weight excluding hydrogens is 182 g/mol. The average Bonchev–Trinajstić information content (AvgIpc) is 1.81. The van der Waals surface area contributed by atoms with E-state index < -0.39 is 0 Å². The molecule has 0 aromatic carbocycles. The van der Waals surface area contributed by atoms with Gasteiger partial charge in [-0.3, -0.25) is 0 Å². The van der Waals surface area contributed by atoms with E-state index in [1.54, 1.807) is 0 Å². The average molecular weight is 197 g/mol. The molecule has 0 heterocycles. The van der Waals surface area contributed by atoms with Gasteiger partial charge in [-0.05, 0) is 0 Å². The van der Waals surface area contributed by atoms with Crippen LogP contribution in [0.25, 0.3) is 0 Å². The number of hydrogen-bond acceptors (Lipinski definition) is 0. The van der Waals surface area contributed by atoms with E-state index in [4.69, 9.17) is 0 Å². The SMILES string of the molecule is CCCCCCP[SeH]. The Morgan fingerprint density at radius 1 is 1.25 bits per heavy atom. The standard InChI is InChI=1S/C6H15PSe/c1-2-3-4-5-6-7-8/h7-8H,2-6H2,1H3. The quantitative estimate of drug-likeness (QED) is 0.359. The zero-order chi connectivity index (χ0) is 6.24. The van der Waals surface area contributed by atoms with Gasteiger partial charge in [0.2, 0.25) is 0 Å². The van der Waals surface area contributed by atoms with Crippen molar-refractivity contribution in [3.8, 4) is 0 Å². The van der Waals surface area contributed by atoms with Gasteiger partial charge in [0.05, 0.1) is 0 Å². The van der Waals surface area contributed by atoms with E-state index in [0.29, 0.717) is 0 Å². The normalized spacial score (nSPS) is 11.2. The minimum absolute atomic E-state index is 1.11. The molecule has 0 radical (unpaired) electrons. The predicted octanol–water partition coefficient (Wildman–Crippen LogP) is 2.06. The Morgan fingerprint density at radius 3 is 2.50 bits per heavy atom. The zero-order valence-corrected chi connectivity index (χ0v) is 8.36. The van der Waals surface area contributed by atoms with Crippen molar-refractivity contribution in [3.05, 3.63) is 0 Å². The van der Waals surface area contributed by atoms with Gasteiger partial charge in [0, 0.05) is 0 Å². The van der Waals surface area contributed by atoms with Crippen LogP contribution < -0.4 is 0 Å². The summed E-state index contributed by atoms with van der Waals surface area (Å²) in [7, 11) is 1.11. The molecule has 0 aromatic rings. The molecular formula is C6H15PSe. The molecule has 0 saturated heterocycles. The van der Waals surface area contributed by atoms with Crippen LogP contribution in [0.3, 0.4) is 0 Å². The van der Waals surface area contributed by atoms with Gasteiger partial charge < -0.3 is 0 Å². The van der Waals surface area contributed by atoms with Crippen LogP contribution in [-0.2, 0) is 0 Å². The Balaban J connectivity index is 2.53. The molecule has 0 aliphatic rings. The molecule has 8 heavy (non-hydrogen) atoms. The Kier molecular flexibility index (Phi) is 8.89. The Labute approximate surface area is 62.0 Å². The van der Waals surface area contributed by atoms with Gasteiger partial charge in [0.25, 0.3) is 0 Å². The van der Waals surface area contributed by atoms with Crippen LogP contribution in [0.5, 0.6) is 0 Å². The van der Waals surface area contributed by atoms with Crippen LogP contribution in [-0.4, -0.2) is 21.7 Å². The fourth-order valence-corrected chi connectivity index (χ4v) is 2.03. The van der Waals surface area contributed by atoms with Crippen LogP contribution in [0.1, 0.15) is 32.6 Å². The van der Waals surface area contributed by atoms with E-state index in [1.807, 2.05) is 0 Å². The van der Waals surface area contributed by atoms with Crippen LogP contribution in [0.2, 0.25) is 0 Å². The Hall–Kier alpha value is 0.949. The molecule has 0 aliphatic carbocycles. The van der Waals surface area contributed by atoms with Crippen molar-refractivity contribution in [3.63, 3.8) is 0 Å². The van der Waals surface area contributed by atoms with Crippen molar-refractivity contribution in [2.24, 2.45) is 0 Å². The summed E-state index contributed by atoms with van der Waals surface area (Å²) in [6.45, 7) is 2.25. The van der Waals surface area contributed by atoms with Crippen molar-refractivity contribution >= 4 is 22.8 Å². The van der Waals surface area contributed by atoms with Gasteiger partial charge in [-0.25, -0.2) is 0 Å². The van der Waals surface area contributed by atoms with Crippen molar-refractivity contribution in [1.82, 2.24) is 0 Å². The van der Waals surface area contributed by atoms with Gasteiger partial charge in [-0.1, -0.05) is 0 Å². The molecule has 50 valence electrons. The van der Waals surface area contributed by atoms with E-state index in [-0.39, 0.29) is 0 Å². The van der Waals surface area contributed by atoms with E-state index in [0.717, 1.165) is 7.27 Å². The second-order valence-electron chi connectivity index (χ2n) is 1.97. The summed E-state index contributed by atoms with van der Waals surface area (Å²) in [5.74, 6) is 0. The van der Waals surface area contributed by atoms with Crippen molar-refractivity contribution < 1.29 is 0 Å². The van der Waals surface area contributed by atoms with E-state index in [2.05, 4.69) is 22.5 Å². The van der Waals surface area contributed by atoms with Gasteiger partial charge in [0.1, 0.15) is 0 Å². The van der Waals surface area contributed by atoms with E-state index in [9.17, 15) is 0 Å². The second-order valence-corrected chi connectivity index (χ2v) is 4.78. The van der Waals surface area contributed by atoms with Crippen molar-refractivity contribution in [2.45, 2.75) is 32.6 Å². The summed E-state index contributed by atoms with van der Waals surface area (Å²) in [6.07, 6.45) is 7.11. The van der Waals surface area contributed by atoms with Crippen molar-refractivity contribution in [2.75, 3.05) is 6.16 Å². The van der Waals surface area contributed by atoms with Crippen molar-refractivity contribution in [1.29, 1.82) is 0 Å². The van der Waals surface area contributed by atoms with Gasteiger partial charge >= 0.3 is 61.6 Å². The van der Waals surface area contributed by atoms with Crippen LogP contribution in [0.15, 0.2) is 0 Å². The molecule has 1 atom stereocenters. The third-order valence-corrected chi connectivity index (χ3v) is 3.13. The van der Waals surface area contributed by atoms with E-state index >= 15 is 0 Å². The first kappa shape index (κ1) is 8.95. The maximum absolute atomic E-state index is 2.67. The van der Waals surface area contributed by atoms with Gasteiger partial charge in [0.15, 0.2) is 0 Å². The molecule has 0 N–H and O–H groups in total. The van der Waals surface area contributed by atoms with Gasteiger partial charge in [-0.2, -0.15) is 0 Å². The second kappa shape index (κ2) is 7.95. The molecule has 0 nitrogen and oxygen atoms in total. The fourth-order valence-electron chi connectivity index (χ4n) is 0.631. The fraction of sp³-hybridized carbons (Fsp3) is 1.00. The Bertz CT molecular complexity index is 33.5. The summed E-state index contributed by atoms with van der Waals surface area (Å²) < 4.78 is 0.